The number of anilines is 1. The Balaban J connectivity index is 1.58. The van der Waals surface area contributed by atoms with E-state index in [9.17, 15) is 19.2 Å². The molecule has 0 unspecified atom stereocenters. The Morgan fingerprint density at radius 3 is 2.71 bits per heavy atom. The predicted octanol–water partition coefficient (Wildman–Crippen LogP) is 4.03. The maximum atomic E-state index is 16.0. The highest BCUT2D eigenvalue weighted by molar-refractivity contribution is 7.23. The summed E-state index contributed by atoms with van der Waals surface area (Å²) >= 11 is 0.849. The lowest BCUT2D eigenvalue weighted by atomic mass is 9.93. The molecule has 6 rings (SSSR count). The fraction of sp³-hybridized carbons (Fsp3) is 0.231. The zero-order chi connectivity index (χ0) is 26.9. The van der Waals surface area contributed by atoms with Crippen LogP contribution in [0.1, 0.15) is 22.3 Å². The first-order chi connectivity index (χ1) is 18.3. The fourth-order valence-corrected chi connectivity index (χ4v) is 6.47. The molecular formula is C26H19F3N6O2S. The number of nitriles is 1. The second kappa shape index (κ2) is 8.59. The third kappa shape index (κ3) is 3.24. The van der Waals surface area contributed by atoms with Crippen molar-refractivity contribution >= 4 is 49.1 Å². The first kappa shape index (κ1) is 24.0. The highest BCUT2D eigenvalue weighted by Crippen LogP contribution is 2.45. The molecule has 1 saturated heterocycles. The molecule has 4 aromatic rings. The van der Waals surface area contributed by atoms with Crippen molar-refractivity contribution < 1.29 is 22.8 Å². The highest BCUT2D eigenvalue weighted by Gasteiger charge is 2.38. The average molecular weight is 537 g/mol. The monoisotopic (exact) mass is 536 g/mol. The summed E-state index contributed by atoms with van der Waals surface area (Å²) in [5.74, 6) is -4.27. The van der Waals surface area contributed by atoms with Gasteiger partial charge in [-0.25, -0.2) is 13.2 Å². The molecule has 0 aliphatic carbocycles. The molecule has 8 nitrogen and oxygen atoms in total. The Morgan fingerprint density at radius 1 is 1.21 bits per heavy atom. The molecule has 1 fully saturated rings. The summed E-state index contributed by atoms with van der Waals surface area (Å²) in [6.07, 6.45) is 2.98. The van der Waals surface area contributed by atoms with E-state index >= 15 is 8.78 Å². The number of nitrogens with zero attached hydrogens (tertiary/aromatic N) is 5. The second-order valence-electron chi connectivity index (χ2n) is 9.19. The number of hydrogen-bond acceptors (Lipinski definition) is 6. The van der Waals surface area contributed by atoms with Crippen molar-refractivity contribution in [2.24, 2.45) is 0 Å². The summed E-state index contributed by atoms with van der Waals surface area (Å²) in [4.78, 5) is 28.9. The normalized spacial score (nSPS) is 17.3. The molecule has 38 heavy (non-hydrogen) atoms. The molecule has 2 N–H and O–H groups in total. The van der Waals surface area contributed by atoms with E-state index in [4.69, 9.17) is 5.73 Å². The van der Waals surface area contributed by atoms with Gasteiger partial charge in [0.2, 0.25) is 5.91 Å². The zero-order valence-electron chi connectivity index (χ0n) is 19.8. The minimum absolute atomic E-state index is 0.0316. The van der Waals surface area contributed by atoms with Gasteiger partial charge in [-0.3, -0.25) is 14.3 Å². The molecule has 0 spiro atoms. The van der Waals surface area contributed by atoms with Crippen LogP contribution in [0.4, 0.5) is 18.2 Å². The van der Waals surface area contributed by atoms with E-state index < -0.39 is 35.0 Å². The van der Waals surface area contributed by atoms with Crippen molar-refractivity contribution in [3.05, 3.63) is 59.6 Å². The first-order valence-electron chi connectivity index (χ1n) is 11.8. The van der Waals surface area contributed by atoms with E-state index in [1.165, 1.54) is 27.9 Å². The van der Waals surface area contributed by atoms with Crippen LogP contribution in [0.2, 0.25) is 0 Å². The summed E-state index contributed by atoms with van der Waals surface area (Å²) in [5.41, 5.74) is 5.43. The van der Waals surface area contributed by atoms with Gasteiger partial charge in [0.15, 0.2) is 11.6 Å². The summed E-state index contributed by atoms with van der Waals surface area (Å²) in [6.45, 7) is 4.41. The van der Waals surface area contributed by atoms with E-state index in [-0.39, 0.29) is 74.8 Å². The molecule has 1 atom stereocenters. The Bertz CT molecular complexity index is 1750. The van der Waals surface area contributed by atoms with Gasteiger partial charge in [0.05, 0.1) is 28.0 Å². The molecular weight excluding hydrogens is 517 g/mol. The van der Waals surface area contributed by atoms with Crippen LogP contribution in [-0.4, -0.2) is 57.1 Å². The molecule has 0 bridgehead atoms. The largest absolute Gasteiger partial charge is 0.389 e. The number of piperazine rings is 1. The minimum atomic E-state index is -1.36. The molecule has 4 heterocycles. The third-order valence-corrected chi connectivity index (χ3v) is 8.32. The number of rotatable bonds is 2. The average Bonchev–Trinajstić information content (AvgIpc) is 3.48. The summed E-state index contributed by atoms with van der Waals surface area (Å²) < 4.78 is 48.0. The fourth-order valence-electron chi connectivity index (χ4n) is 5.52. The van der Waals surface area contributed by atoms with Gasteiger partial charge in [-0.05, 0) is 24.1 Å². The molecule has 0 radical (unpaired) electrons. The standard InChI is InChI=1S/C26H19F3N6O2S/c1-2-17(36)33-7-8-34-12(11-33)5-6-35-23-15(10-32-35)18(21(28)22(29)20(23)26(34)37)13-3-4-16(27)24-19(13)14(9-30)25(31)38-24/h2-4,10,12H,1,5-8,11,31H2/t12-/m0/s1. The number of aromatic nitrogens is 2. The van der Waals surface area contributed by atoms with Crippen LogP contribution >= 0.6 is 11.3 Å². The molecule has 12 heteroatoms. The molecule has 2 amide bonds. The molecule has 2 aliphatic rings. The number of aryl methyl sites for hydroxylation is 1. The lowest BCUT2D eigenvalue weighted by Gasteiger charge is -2.42. The van der Waals surface area contributed by atoms with Gasteiger partial charge in [-0.15, -0.1) is 11.3 Å². The van der Waals surface area contributed by atoms with Crippen molar-refractivity contribution in [1.82, 2.24) is 19.6 Å². The van der Waals surface area contributed by atoms with Crippen molar-refractivity contribution in [2.75, 3.05) is 25.4 Å². The number of halogens is 3. The first-order valence-corrected chi connectivity index (χ1v) is 12.6. The maximum absolute atomic E-state index is 16.0. The topological polar surface area (TPSA) is 108 Å². The number of nitrogens with two attached hydrogens (primary N) is 1. The van der Waals surface area contributed by atoms with Gasteiger partial charge in [-0.1, -0.05) is 12.6 Å². The van der Waals surface area contributed by atoms with Gasteiger partial charge in [-0.2, -0.15) is 10.4 Å². The van der Waals surface area contributed by atoms with Crippen LogP contribution in [0, 0.1) is 28.8 Å². The van der Waals surface area contributed by atoms with Crippen molar-refractivity contribution in [3.8, 4) is 17.2 Å². The van der Waals surface area contributed by atoms with Crippen LogP contribution in [0.5, 0.6) is 0 Å². The SMILES string of the molecule is C=CC(=O)N1CCN2C(=O)c3c(F)c(F)c(-c4ccc(F)c5sc(N)c(C#N)c45)c4cnn(c34)CC[C@H]2C1. The second-order valence-corrected chi connectivity index (χ2v) is 10.2. The Kier molecular flexibility index (Phi) is 5.43. The lowest BCUT2D eigenvalue weighted by Crippen LogP contribution is -2.57. The van der Waals surface area contributed by atoms with Crippen LogP contribution in [0.25, 0.3) is 32.1 Å². The highest BCUT2D eigenvalue weighted by atomic mass is 32.1. The quantitative estimate of drug-likeness (QED) is 0.389. The number of amides is 2. The van der Waals surface area contributed by atoms with Crippen LogP contribution < -0.4 is 5.73 Å². The predicted molar refractivity (Wildman–Crippen MR) is 136 cm³/mol. The van der Waals surface area contributed by atoms with Gasteiger partial charge >= 0.3 is 0 Å². The van der Waals surface area contributed by atoms with Crippen molar-refractivity contribution in [2.45, 2.75) is 19.0 Å². The minimum Gasteiger partial charge on any atom is -0.389 e. The molecule has 192 valence electrons. The van der Waals surface area contributed by atoms with Crippen LogP contribution in [0.15, 0.2) is 31.0 Å². The van der Waals surface area contributed by atoms with Gasteiger partial charge in [0.25, 0.3) is 5.91 Å². The van der Waals surface area contributed by atoms with E-state index in [1.807, 2.05) is 6.07 Å². The van der Waals surface area contributed by atoms with Gasteiger partial charge < -0.3 is 15.5 Å². The van der Waals surface area contributed by atoms with E-state index in [1.54, 1.807) is 4.90 Å². The summed E-state index contributed by atoms with van der Waals surface area (Å²) in [6, 6.07) is 3.90. The van der Waals surface area contributed by atoms with E-state index in [0.717, 1.165) is 17.4 Å². The number of carbonyl (C=O) groups excluding carboxylic acids is 2. The molecule has 2 aliphatic heterocycles. The number of thiophene rings is 1. The van der Waals surface area contributed by atoms with Crippen LogP contribution in [-0.2, 0) is 11.3 Å². The Hall–Kier alpha value is -4.37. The Morgan fingerprint density at radius 2 is 1.97 bits per heavy atom. The maximum Gasteiger partial charge on any atom is 0.259 e. The van der Waals surface area contributed by atoms with Gasteiger partial charge in [0.1, 0.15) is 22.5 Å². The Labute approximate surface area is 217 Å². The van der Waals surface area contributed by atoms with Crippen LogP contribution in [0.3, 0.4) is 0 Å². The zero-order valence-corrected chi connectivity index (χ0v) is 20.6. The number of benzene rings is 2. The molecule has 2 aromatic heterocycles. The number of nitrogen functional groups attached to an aromatic ring is 1. The number of hydrogen-bond donors (Lipinski definition) is 1. The lowest BCUT2D eigenvalue weighted by molar-refractivity contribution is -0.128. The number of fused-ring (bicyclic) bond motifs is 2. The van der Waals surface area contributed by atoms with E-state index in [2.05, 4.69) is 11.7 Å². The molecule has 0 saturated carbocycles. The smallest absolute Gasteiger partial charge is 0.259 e. The van der Waals surface area contributed by atoms with E-state index in [0.29, 0.717) is 6.42 Å². The van der Waals surface area contributed by atoms with Crippen molar-refractivity contribution in [1.29, 1.82) is 5.26 Å². The summed E-state index contributed by atoms with van der Waals surface area (Å²) in [7, 11) is 0. The van der Waals surface area contributed by atoms with Crippen molar-refractivity contribution in [3.63, 3.8) is 0 Å². The number of carbonyl (C=O) groups is 2. The molecule has 2 aromatic carbocycles. The third-order valence-electron chi connectivity index (χ3n) is 7.29. The van der Waals surface area contributed by atoms with Gasteiger partial charge in [0, 0.05) is 42.5 Å². The summed E-state index contributed by atoms with van der Waals surface area (Å²) in [5, 5.41) is 14.3.